The number of Topliss-reactive ketones (excluding diaryl/α,β-unsaturated/α-hetero) is 1. The second-order valence-corrected chi connectivity index (χ2v) is 8.51. The van der Waals surface area contributed by atoms with Crippen LogP contribution >= 0.6 is 11.8 Å². The maximum atomic E-state index is 12.1. The number of carbonyl (C=O) groups excluding carboxylic acids is 2. The van der Waals surface area contributed by atoms with E-state index >= 15 is 0 Å². The molecule has 0 heterocycles. The van der Waals surface area contributed by atoms with Gasteiger partial charge < -0.3 is 4.74 Å². The Morgan fingerprint density at radius 1 is 1.12 bits per heavy atom. The molecular weight excluding hydrogens is 320 g/mol. The first-order valence-electron chi connectivity index (χ1n) is 8.55. The molecule has 0 saturated heterocycles. The van der Waals surface area contributed by atoms with Crippen molar-refractivity contribution in [2.75, 3.05) is 6.61 Å². The largest absolute Gasteiger partial charge is 0.465 e. The molecular formula is C20H30O3S. The molecule has 1 rings (SSSR count). The standard InChI is InChI=1S/C20H30O3S/c1-7-23-19(22)18(12-17(21)14(2)3)24-13-15-8-10-16(11-9-15)20(4,5)6/h8-11,14,18H,7,12-13H2,1-6H3/t18-/m0/s1. The summed E-state index contributed by atoms with van der Waals surface area (Å²) >= 11 is 1.49. The maximum Gasteiger partial charge on any atom is 0.319 e. The van der Waals surface area contributed by atoms with Crippen LogP contribution in [-0.4, -0.2) is 23.6 Å². The van der Waals surface area contributed by atoms with Crippen LogP contribution < -0.4 is 0 Å². The Labute approximate surface area is 150 Å². The molecule has 0 bridgehead atoms. The Morgan fingerprint density at radius 3 is 2.17 bits per heavy atom. The van der Waals surface area contributed by atoms with Crippen molar-refractivity contribution < 1.29 is 14.3 Å². The van der Waals surface area contributed by atoms with E-state index in [1.165, 1.54) is 17.3 Å². The minimum atomic E-state index is -0.429. The Kier molecular flexibility index (Phi) is 8.01. The molecule has 0 spiro atoms. The first kappa shape index (κ1) is 20.8. The zero-order chi connectivity index (χ0) is 18.3. The van der Waals surface area contributed by atoms with Gasteiger partial charge in [0.2, 0.25) is 0 Å². The van der Waals surface area contributed by atoms with E-state index in [9.17, 15) is 9.59 Å². The highest BCUT2D eigenvalue weighted by Gasteiger charge is 2.25. The van der Waals surface area contributed by atoms with Crippen molar-refractivity contribution in [1.82, 2.24) is 0 Å². The van der Waals surface area contributed by atoms with Gasteiger partial charge in [-0.2, -0.15) is 0 Å². The topological polar surface area (TPSA) is 43.4 Å². The lowest BCUT2D eigenvalue weighted by Gasteiger charge is -2.19. The number of hydrogen-bond donors (Lipinski definition) is 0. The number of esters is 1. The van der Waals surface area contributed by atoms with Crippen LogP contribution in [0.5, 0.6) is 0 Å². The third-order valence-electron chi connectivity index (χ3n) is 3.85. The van der Waals surface area contributed by atoms with Gasteiger partial charge >= 0.3 is 5.97 Å². The van der Waals surface area contributed by atoms with Crippen LogP contribution in [0.3, 0.4) is 0 Å². The molecule has 0 saturated carbocycles. The highest BCUT2D eigenvalue weighted by molar-refractivity contribution is 7.99. The zero-order valence-corrected chi connectivity index (χ0v) is 16.5. The number of rotatable bonds is 8. The first-order chi connectivity index (χ1) is 11.1. The van der Waals surface area contributed by atoms with E-state index in [4.69, 9.17) is 4.74 Å². The lowest BCUT2D eigenvalue weighted by atomic mass is 9.87. The number of ketones is 1. The molecule has 3 nitrogen and oxygen atoms in total. The van der Waals surface area contributed by atoms with Crippen molar-refractivity contribution in [3.8, 4) is 0 Å². The molecule has 0 N–H and O–H groups in total. The Bertz CT molecular complexity index is 541. The fourth-order valence-electron chi connectivity index (χ4n) is 2.16. The third-order valence-corrected chi connectivity index (χ3v) is 5.11. The van der Waals surface area contributed by atoms with Gasteiger partial charge in [-0.15, -0.1) is 11.8 Å². The van der Waals surface area contributed by atoms with Gasteiger partial charge in [0.1, 0.15) is 11.0 Å². The highest BCUT2D eigenvalue weighted by atomic mass is 32.2. The van der Waals surface area contributed by atoms with Gasteiger partial charge in [-0.3, -0.25) is 9.59 Å². The molecule has 134 valence electrons. The third kappa shape index (κ3) is 6.68. The van der Waals surface area contributed by atoms with Crippen LogP contribution in [0.25, 0.3) is 0 Å². The molecule has 0 unspecified atom stereocenters. The smallest absolute Gasteiger partial charge is 0.319 e. The maximum absolute atomic E-state index is 12.1. The fraction of sp³-hybridized carbons (Fsp3) is 0.600. The predicted octanol–water partition coefficient (Wildman–Crippen LogP) is 4.76. The molecule has 4 heteroatoms. The van der Waals surface area contributed by atoms with Crippen molar-refractivity contribution in [2.24, 2.45) is 5.92 Å². The normalized spacial score (nSPS) is 13.0. The highest BCUT2D eigenvalue weighted by Crippen LogP contribution is 2.26. The molecule has 0 aromatic heterocycles. The summed E-state index contributed by atoms with van der Waals surface area (Å²) in [4.78, 5) is 24.1. The zero-order valence-electron chi connectivity index (χ0n) is 15.7. The minimum absolute atomic E-state index is 0.0615. The molecule has 0 radical (unpaired) electrons. The molecule has 0 fully saturated rings. The number of hydrogen-bond acceptors (Lipinski definition) is 4. The average molecular weight is 351 g/mol. The molecule has 0 aliphatic carbocycles. The van der Waals surface area contributed by atoms with Gasteiger partial charge in [0.15, 0.2) is 0 Å². The summed E-state index contributed by atoms with van der Waals surface area (Å²) in [6, 6.07) is 8.46. The predicted molar refractivity (Wildman–Crippen MR) is 101 cm³/mol. The quantitative estimate of drug-likeness (QED) is 0.634. The van der Waals surface area contributed by atoms with Crippen molar-refractivity contribution in [1.29, 1.82) is 0 Å². The number of benzene rings is 1. The van der Waals surface area contributed by atoms with Gasteiger partial charge in [0, 0.05) is 18.1 Å². The number of carbonyl (C=O) groups is 2. The van der Waals surface area contributed by atoms with Crippen molar-refractivity contribution in [2.45, 2.75) is 64.4 Å². The summed E-state index contributed by atoms with van der Waals surface area (Å²) < 4.78 is 5.12. The van der Waals surface area contributed by atoms with E-state index in [0.29, 0.717) is 12.4 Å². The fourth-order valence-corrected chi connectivity index (χ4v) is 3.23. The number of ether oxygens (including phenoxy) is 1. The van der Waals surface area contributed by atoms with E-state index in [1.54, 1.807) is 6.92 Å². The molecule has 1 aromatic carbocycles. The molecule has 0 aliphatic rings. The van der Waals surface area contributed by atoms with E-state index < -0.39 is 5.25 Å². The SMILES string of the molecule is CCOC(=O)[C@H](CC(=O)C(C)C)SCc1ccc(C(C)(C)C)cc1. The second-order valence-electron chi connectivity index (χ2n) is 7.32. The molecule has 1 aromatic rings. The van der Waals surface area contributed by atoms with E-state index in [1.807, 2.05) is 13.8 Å². The summed E-state index contributed by atoms with van der Waals surface area (Å²) in [5.74, 6) is 0.444. The first-order valence-corrected chi connectivity index (χ1v) is 9.60. The van der Waals surface area contributed by atoms with Gasteiger partial charge in [0.25, 0.3) is 0 Å². The van der Waals surface area contributed by atoms with Crippen molar-refractivity contribution in [3.63, 3.8) is 0 Å². The summed E-state index contributed by atoms with van der Waals surface area (Å²) in [5, 5.41) is -0.429. The van der Waals surface area contributed by atoms with Gasteiger partial charge in [-0.05, 0) is 23.5 Å². The van der Waals surface area contributed by atoms with E-state index in [0.717, 1.165) is 5.56 Å². The second kappa shape index (κ2) is 9.26. The monoisotopic (exact) mass is 350 g/mol. The van der Waals surface area contributed by atoms with Crippen LogP contribution in [-0.2, 0) is 25.5 Å². The lowest BCUT2D eigenvalue weighted by molar-refractivity contribution is -0.143. The van der Waals surface area contributed by atoms with Crippen molar-refractivity contribution in [3.05, 3.63) is 35.4 Å². The molecule has 24 heavy (non-hydrogen) atoms. The summed E-state index contributed by atoms with van der Waals surface area (Å²) in [6.07, 6.45) is 0.237. The Balaban J connectivity index is 2.73. The number of thioether (sulfide) groups is 1. The summed E-state index contributed by atoms with van der Waals surface area (Å²) in [5.41, 5.74) is 2.57. The van der Waals surface area contributed by atoms with E-state index in [-0.39, 0.29) is 29.5 Å². The summed E-state index contributed by atoms with van der Waals surface area (Å²) in [6.45, 7) is 12.4. The Morgan fingerprint density at radius 2 is 1.71 bits per heavy atom. The van der Waals surface area contributed by atoms with Gasteiger partial charge in [-0.25, -0.2) is 0 Å². The molecule has 1 atom stereocenters. The van der Waals surface area contributed by atoms with Crippen LogP contribution in [0, 0.1) is 5.92 Å². The summed E-state index contributed by atoms with van der Waals surface area (Å²) in [7, 11) is 0. The molecule has 0 aliphatic heterocycles. The Hall–Kier alpha value is -1.29. The average Bonchev–Trinajstić information content (AvgIpc) is 2.50. The van der Waals surface area contributed by atoms with Crippen LogP contribution in [0.2, 0.25) is 0 Å². The van der Waals surface area contributed by atoms with Gasteiger partial charge in [-0.1, -0.05) is 58.9 Å². The van der Waals surface area contributed by atoms with Gasteiger partial charge in [0.05, 0.1) is 6.61 Å². The van der Waals surface area contributed by atoms with Crippen LogP contribution in [0.4, 0.5) is 0 Å². The molecule has 0 amide bonds. The van der Waals surface area contributed by atoms with Crippen LogP contribution in [0.1, 0.15) is 59.1 Å². The lowest BCUT2D eigenvalue weighted by Crippen LogP contribution is -2.25. The van der Waals surface area contributed by atoms with Crippen LogP contribution in [0.15, 0.2) is 24.3 Å². The minimum Gasteiger partial charge on any atom is -0.465 e. The van der Waals surface area contributed by atoms with Crippen molar-refractivity contribution >= 4 is 23.5 Å². The van der Waals surface area contributed by atoms with E-state index in [2.05, 4.69) is 45.0 Å².